The van der Waals surface area contributed by atoms with Crippen LogP contribution in [0.2, 0.25) is 0 Å². The molecule has 2 aromatic carbocycles. The topological polar surface area (TPSA) is 38.8 Å². The molecule has 0 radical (unpaired) electrons. The molecule has 0 aliphatic carbocycles. The molecule has 2 aromatic rings. The molecule has 0 bridgehead atoms. The molecule has 0 fully saturated rings. The third-order valence-electron chi connectivity index (χ3n) is 3.56. The van der Waals surface area contributed by atoms with E-state index in [2.05, 4.69) is 0 Å². The molecule has 0 saturated carbocycles. The first kappa shape index (κ1) is 16.9. The van der Waals surface area contributed by atoms with E-state index in [4.69, 9.17) is 9.47 Å². The van der Waals surface area contributed by atoms with Crippen LogP contribution in [0.15, 0.2) is 48.5 Å². The third kappa shape index (κ3) is 5.33. The maximum absolute atomic E-state index is 12.1. The monoisotopic (exact) mass is 313 g/mol. The van der Waals surface area contributed by atoms with Crippen LogP contribution < -0.4 is 9.47 Å². The second-order valence-corrected chi connectivity index (χ2v) is 5.53. The number of nitrogens with zero attached hydrogens (tertiary/aromatic N) is 1. The summed E-state index contributed by atoms with van der Waals surface area (Å²) in [6, 6.07) is 15.5. The molecule has 4 nitrogen and oxygen atoms in total. The summed E-state index contributed by atoms with van der Waals surface area (Å²) in [5.74, 6) is 1.49. The number of para-hydroxylation sites is 1. The molecule has 0 unspecified atom stereocenters. The first-order chi connectivity index (χ1) is 11.1. The average Bonchev–Trinajstić information content (AvgIpc) is 2.54. The first-order valence-electron chi connectivity index (χ1n) is 7.68. The highest BCUT2D eigenvalue weighted by molar-refractivity contribution is 5.77. The highest BCUT2D eigenvalue weighted by Gasteiger charge is 2.10. The molecule has 0 atom stereocenters. The van der Waals surface area contributed by atoms with Crippen molar-refractivity contribution in [2.24, 2.45) is 0 Å². The number of carbonyl (C=O) groups is 1. The van der Waals surface area contributed by atoms with Crippen LogP contribution >= 0.6 is 0 Å². The fraction of sp³-hybridized carbons (Fsp3) is 0.316. The van der Waals surface area contributed by atoms with Crippen molar-refractivity contribution in [2.45, 2.75) is 13.8 Å². The minimum atomic E-state index is -0.0695. The molecule has 0 aliphatic rings. The molecule has 1 amide bonds. The van der Waals surface area contributed by atoms with Gasteiger partial charge in [0.25, 0.3) is 5.91 Å². The van der Waals surface area contributed by atoms with Crippen molar-refractivity contribution >= 4 is 5.91 Å². The Morgan fingerprint density at radius 3 is 2.57 bits per heavy atom. The van der Waals surface area contributed by atoms with E-state index in [1.807, 2.05) is 62.4 Å². The van der Waals surface area contributed by atoms with E-state index in [1.165, 1.54) is 0 Å². The van der Waals surface area contributed by atoms with Gasteiger partial charge in [-0.05, 0) is 43.2 Å². The van der Waals surface area contributed by atoms with Crippen molar-refractivity contribution in [2.75, 3.05) is 26.8 Å². The Balaban J connectivity index is 1.73. The Hall–Kier alpha value is -2.49. The third-order valence-corrected chi connectivity index (χ3v) is 3.56. The fourth-order valence-corrected chi connectivity index (χ4v) is 2.10. The van der Waals surface area contributed by atoms with Gasteiger partial charge in [-0.3, -0.25) is 4.79 Å². The standard InChI is InChI=1S/C19H23NO3/c1-15-7-6-9-17(13-15)23-14-19(21)20(3)11-12-22-18-10-5-4-8-16(18)2/h4-10,13H,11-12,14H2,1-3H3. The van der Waals surface area contributed by atoms with Gasteiger partial charge in [0.2, 0.25) is 0 Å². The lowest BCUT2D eigenvalue weighted by Gasteiger charge is -2.18. The lowest BCUT2D eigenvalue weighted by molar-refractivity contribution is -0.132. The molecular formula is C19H23NO3. The number of amides is 1. The number of likely N-dealkylation sites (N-methyl/N-ethyl adjacent to an activating group) is 1. The van der Waals surface area contributed by atoms with Crippen LogP contribution in [-0.2, 0) is 4.79 Å². The molecule has 2 rings (SSSR count). The summed E-state index contributed by atoms with van der Waals surface area (Å²) >= 11 is 0. The van der Waals surface area contributed by atoms with E-state index in [0.717, 1.165) is 16.9 Å². The zero-order chi connectivity index (χ0) is 16.7. The van der Waals surface area contributed by atoms with Crippen molar-refractivity contribution in [3.63, 3.8) is 0 Å². The molecule has 0 aliphatic heterocycles. The van der Waals surface area contributed by atoms with Crippen LogP contribution in [0.3, 0.4) is 0 Å². The van der Waals surface area contributed by atoms with Gasteiger partial charge in [-0.1, -0.05) is 30.3 Å². The molecular weight excluding hydrogens is 290 g/mol. The predicted octanol–water partition coefficient (Wildman–Crippen LogP) is 3.22. The Bertz CT molecular complexity index is 655. The summed E-state index contributed by atoms with van der Waals surface area (Å²) in [6.45, 7) is 5.00. The molecule has 0 aromatic heterocycles. The van der Waals surface area contributed by atoms with Gasteiger partial charge >= 0.3 is 0 Å². The number of hydrogen-bond acceptors (Lipinski definition) is 3. The highest BCUT2D eigenvalue weighted by Crippen LogP contribution is 2.16. The average molecular weight is 313 g/mol. The summed E-state index contributed by atoms with van der Waals surface area (Å²) in [7, 11) is 1.75. The highest BCUT2D eigenvalue weighted by atomic mass is 16.5. The van der Waals surface area contributed by atoms with Gasteiger partial charge in [-0.2, -0.15) is 0 Å². The molecule has 122 valence electrons. The van der Waals surface area contributed by atoms with Crippen LogP contribution in [0.25, 0.3) is 0 Å². The van der Waals surface area contributed by atoms with Crippen LogP contribution in [0.1, 0.15) is 11.1 Å². The summed E-state index contributed by atoms with van der Waals surface area (Å²) in [6.07, 6.45) is 0. The number of ether oxygens (including phenoxy) is 2. The van der Waals surface area contributed by atoms with Gasteiger partial charge in [0.1, 0.15) is 18.1 Å². The SMILES string of the molecule is Cc1cccc(OCC(=O)N(C)CCOc2ccccc2C)c1. The maximum Gasteiger partial charge on any atom is 0.260 e. The summed E-state index contributed by atoms with van der Waals surface area (Å²) in [5, 5.41) is 0. The smallest absolute Gasteiger partial charge is 0.260 e. The van der Waals surface area contributed by atoms with Crippen LogP contribution in [0.4, 0.5) is 0 Å². The summed E-state index contributed by atoms with van der Waals surface area (Å²) < 4.78 is 11.2. The second kappa shape index (κ2) is 8.22. The maximum atomic E-state index is 12.1. The Morgan fingerprint density at radius 2 is 1.83 bits per heavy atom. The summed E-state index contributed by atoms with van der Waals surface area (Å²) in [4.78, 5) is 13.7. The van der Waals surface area contributed by atoms with Crippen molar-refractivity contribution in [1.82, 2.24) is 4.90 Å². The zero-order valence-corrected chi connectivity index (χ0v) is 13.9. The van der Waals surface area contributed by atoms with E-state index < -0.39 is 0 Å². The van der Waals surface area contributed by atoms with Gasteiger partial charge in [-0.25, -0.2) is 0 Å². The van der Waals surface area contributed by atoms with Crippen molar-refractivity contribution in [3.8, 4) is 11.5 Å². The van der Waals surface area contributed by atoms with E-state index in [9.17, 15) is 4.79 Å². The Labute approximate surface area is 137 Å². The van der Waals surface area contributed by atoms with Gasteiger partial charge in [0.15, 0.2) is 6.61 Å². The van der Waals surface area contributed by atoms with Gasteiger partial charge < -0.3 is 14.4 Å². The lowest BCUT2D eigenvalue weighted by Crippen LogP contribution is -2.34. The number of aryl methyl sites for hydroxylation is 2. The minimum Gasteiger partial charge on any atom is -0.491 e. The number of rotatable bonds is 7. The van der Waals surface area contributed by atoms with Crippen molar-refractivity contribution < 1.29 is 14.3 Å². The minimum absolute atomic E-state index is 0.0321. The molecule has 0 N–H and O–H groups in total. The Morgan fingerprint density at radius 1 is 1.04 bits per heavy atom. The second-order valence-electron chi connectivity index (χ2n) is 5.53. The van der Waals surface area contributed by atoms with E-state index in [-0.39, 0.29) is 12.5 Å². The first-order valence-corrected chi connectivity index (χ1v) is 7.68. The number of benzene rings is 2. The number of carbonyl (C=O) groups excluding carboxylic acids is 1. The largest absolute Gasteiger partial charge is 0.491 e. The Kier molecular flexibility index (Phi) is 6.03. The molecule has 4 heteroatoms. The van der Waals surface area contributed by atoms with Gasteiger partial charge in [0.05, 0.1) is 6.54 Å². The van der Waals surface area contributed by atoms with Gasteiger partial charge in [0, 0.05) is 7.05 Å². The van der Waals surface area contributed by atoms with E-state index in [1.54, 1.807) is 11.9 Å². The fourth-order valence-electron chi connectivity index (χ4n) is 2.10. The molecule has 0 saturated heterocycles. The molecule has 23 heavy (non-hydrogen) atoms. The van der Waals surface area contributed by atoms with E-state index in [0.29, 0.717) is 18.9 Å². The van der Waals surface area contributed by atoms with Crippen LogP contribution in [-0.4, -0.2) is 37.6 Å². The normalized spacial score (nSPS) is 10.2. The quantitative estimate of drug-likeness (QED) is 0.788. The van der Waals surface area contributed by atoms with Gasteiger partial charge in [-0.15, -0.1) is 0 Å². The predicted molar refractivity (Wildman–Crippen MR) is 91.0 cm³/mol. The number of hydrogen-bond donors (Lipinski definition) is 0. The molecule has 0 heterocycles. The zero-order valence-electron chi connectivity index (χ0n) is 13.9. The van der Waals surface area contributed by atoms with Crippen molar-refractivity contribution in [1.29, 1.82) is 0 Å². The lowest BCUT2D eigenvalue weighted by atomic mass is 10.2. The van der Waals surface area contributed by atoms with E-state index >= 15 is 0 Å². The van der Waals surface area contributed by atoms with Crippen LogP contribution in [0, 0.1) is 13.8 Å². The van der Waals surface area contributed by atoms with Crippen molar-refractivity contribution in [3.05, 3.63) is 59.7 Å². The molecule has 0 spiro atoms. The van der Waals surface area contributed by atoms with Crippen LogP contribution in [0.5, 0.6) is 11.5 Å². The summed E-state index contributed by atoms with van der Waals surface area (Å²) in [5.41, 5.74) is 2.19.